The molecular weight excluding hydrogens is 232 g/mol. The van der Waals surface area contributed by atoms with E-state index in [-0.39, 0.29) is 5.56 Å². The van der Waals surface area contributed by atoms with Crippen LogP contribution in [0.25, 0.3) is 0 Å². The monoisotopic (exact) mass is 244 g/mol. The summed E-state index contributed by atoms with van der Waals surface area (Å²) in [6.07, 6.45) is 1.49. The molecule has 0 spiro atoms. The van der Waals surface area contributed by atoms with E-state index in [1.165, 1.54) is 12.3 Å². The Balaban J connectivity index is 2.11. The van der Waals surface area contributed by atoms with Crippen molar-refractivity contribution in [2.75, 3.05) is 5.43 Å². The number of carboxylic acid groups (broad SMARTS) is 1. The lowest BCUT2D eigenvalue weighted by atomic mass is 10.2. The molecule has 0 aliphatic carbocycles. The smallest absolute Gasteiger partial charge is 0.337 e. The third kappa shape index (κ3) is 2.76. The molecule has 5 nitrogen and oxygen atoms in total. The van der Waals surface area contributed by atoms with Gasteiger partial charge in [0.15, 0.2) is 0 Å². The number of hydrogen-bond acceptors (Lipinski definition) is 4. The lowest BCUT2D eigenvalue weighted by Gasteiger charge is -2.03. The minimum atomic E-state index is -0.998. The number of benzene rings is 1. The molecule has 2 aromatic rings. The maximum Gasteiger partial charge on any atom is 0.337 e. The van der Waals surface area contributed by atoms with Crippen molar-refractivity contribution in [1.82, 2.24) is 0 Å². The number of carbonyl (C=O) groups is 1. The van der Waals surface area contributed by atoms with E-state index in [0.29, 0.717) is 11.4 Å². The Kier molecular flexibility index (Phi) is 3.43. The van der Waals surface area contributed by atoms with E-state index >= 15 is 0 Å². The molecule has 1 aromatic heterocycles. The summed E-state index contributed by atoms with van der Waals surface area (Å²) >= 11 is 0. The molecule has 0 bridgehead atoms. The van der Waals surface area contributed by atoms with Crippen LogP contribution >= 0.6 is 0 Å². The molecule has 0 atom stereocenters. The Morgan fingerprint density at radius 1 is 1.33 bits per heavy atom. The predicted octanol–water partition coefficient (Wildman–Crippen LogP) is 2.73. The first-order chi connectivity index (χ1) is 8.66. The number of aryl methyl sites for hydroxylation is 1. The number of hydrazone groups is 1. The number of anilines is 1. The standard InChI is InChI=1S/C13H12N2O3/c1-9-6-7-10(18-9)8-14-15-12-5-3-2-4-11(12)13(16)17/h2-8,15H,1H3,(H,16,17). The van der Waals surface area contributed by atoms with Crippen molar-refractivity contribution < 1.29 is 14.3 Å². The minimum absolute atomic E-state index is 0.172. The van der Waals surface area contributed by atoms with Gasteiger partial charge in [-0.05, 0) is 31.2 Å². The molecule has 0 amide bonds. The lowest BCUT2D eigenvalue weighted by molar-refractivity contribution is 0.0698. The fourth-order valence-electron chi connectivity index (χ4n) is 1.46. The average molecular weight is 244 g/mol. The van der Waals surface area contributed by atoms with Crippen LogP contribution in [0.15, 0.2) is 45.9 Å². The van der Waals surface area contributed by atoms with Crippen molar-refractivity contribution in [1.29, 1.82) is 0 Å². The molecule has 0 radical (unpaired) electrons. The molecule has 2 N–H and O–H groups in total. The fourth-order valence-corrected chi connectivity index (χ4v) is 1.46. The third-order valence-electron chi connectivity index (χ3n) is 2.30. The topological polar surface area (TPSA) is 74.8 Å². The van der Waals surface area contributed by atoms with Crippen molar-refractivity contribution in [3.8, 4) is 0 Å². The number of rotatable bonds is 4. The molecule has 1 heterocycles. The van der Waals surface area contributed by atoms with Gasteiger partial charge < -0.3 is 9.52 Å². The molecule has 0 unspecified atom stereocenters. The summed E-state index contributed by atoms with van der Waals surface area (Å²) in [7, 11) is 0. The van der Waals surface area contributed by atoms with Crippen LogP contribution in [-0.4, -0.2) is 17.3 Å². The average Bonchev–Trinajstić information content (AvgIpc) is 2.75. The van der Waals surface area contributed by atoms with E-state index in [2.05, 4.69) is 10.5 Å². The van der Waals surface area contributed by atoms with Crippen molar-refractivity contribution in [2.45, 2.75) is 6.92 Å². The Morgan fingerprint density at radius 3 is 2.78 bits per heavy atom. The zero-order valence-electron chi connectivity index (χ0n) is 9.75. The normalized spacial score (nSPS) is 10.7. The molecule has 92 valence electrons. The summed E-state index contributed by atoms with van der Waals surface area (Å²) in [5, 5.41) is 12.9. The molecule has 5 heteroatoms. The van der Waals surface area contributed by atoms with Crippen LogP contribution in [0, 0.1) is 6.92 Å². The Morgan fingerprint density at radius 2 is 2.11 bits per heavy atom. The van der Waals surface area contributed by atoms with Gasteiger partial charge in [-0.2, -0.15) is 5.10 Å². The third-order valence-corrected chi connectivity index (χ3v) is 2.30. The highest BCUT2D eigenvalue weighted by Gasteiger charge is 2.07. The second kappa shape index (κ2) is 5.18. The Bertz CT molecular complexity index is 587. The van der Waals surface area contributed by atoms with Gasteiger partial charge in [0.2, 0.25) is 0 Å². The van der Waals surface area contributed by atoms with Crippen molar-refractivity contribution >= 4 is 17.9 Å². The first kappa shape index (κ1) is 11.9. The summed E-state index contributed by atoms with van der Waals surface area (Å²) in [4.78, 5) is 10.9. The van der Waals surface area contributed by atoms with Crippen LogP contribution in [0.4, 0.5) is 5.69 Å². The minimum Gasteiger partial charge on any atom is -0.478 e. The van der Waals surface area contributed by atoms with Gasteiger partial charge in [-0.25, -0.2) is 4.79 Å². The van der Waals surface area contributed by atoms with E-state index in [1.54, 1.807) is 24.3 Å². The molecule has 0 aliphatic heterocycles. The lowest BCUT2D eigenvalue weighted by Crippen LogP contribution is -2.01. The molecule has 0 saturated heterocycles. The van der Waals surface area contributed by atoms with Crippen molar-refractivity contribution in [3.05, 3.63) is 53.5 Å². The van der Waals surface area contributed by atoms with Crippen LogP contribution in [0.5, 0.6) is 0 Å². The van der Waals surface area contributed by atoms with Crippen LogP contribution in [0.2, 0.25) is 0 Å². The van der Waals surface area contributed by atoms with Gasteiger partial charge >= 0.3 is 5.97 Å². The number of nitrogens with one attached hydrogen (secondary N) is 1. The molecule has 0 fully saturated rings. The van der Waals surface area contributed by atoms with Crippen LogP contribution in [0.1, 0.15) is 21.9 Å². The van der Waals surface area contributed by atoms with E-state index < -0.39 is 5.97 Å². The number of hydrogen-bond donors (Lipinski definition) is 2. The number of aromatic carboxylic acids is 1. The largest absolute Gasteiger partial charge is 0.478 e. The van der Waals surface area contributed by atoms with Crippen LogP contribution < -0.4 is 5.43 Å². The zero-order chi connectivity index (χ0) is 13.0. The SMILES string of the molecule is Cc1ccc(C=NNc2ccccc2C(=O)O)o1. The highest BCUT2D eigenvalue weighted by Crippen LogP contribution is 2.14. The number of carboxylic acids is 1. The molecule has 1 aromatic carbocycles. The second-order valence-electron chi connectivity index (χ2n) is 3.67. The second-order valence-corrected chi connectivity index (χ2v) is 3.67. The zero-order valence-corrected chi connectivity index (χ0v) is 9.75. The Hall–Kier alpha value is -2.56. The quantitative estimate of drug-likeness (QED) is 0.640. The van der Waals surface area contributed by atoms with Gasteiger partial charge in [0.25, 0.3) is 0 Å². The Labute approximate surface area is 104 Å². The van der Waals surface area contributed by atoms with Crippen molar-refractivity contribution in [3.63, 3.8) is 0 Å². The fraction of sp³-hybridized carbons (Fsp3) is 0.0769. The number of para-hydroxylation sites is 1. The van der Waals surface area contributed by atoms with Gasteiger partial charge in [0.1, 0.15) is 11.5 Å². The maximum atomic E-state index is 10.9. The highest BCUT2D eigenvalue weighted by molar-refractivity contribution is 5.94. The summed E-state index contributed by atoms with van der Waals surface area (Å²) in [5.41, 5.74) is 3.29. The number of furan rings is 1. The summed E-state index contributed by atoms with van der Waals surface area (Å²) in [6, 6.07) is 10.2. The molecule has 2 rings (SSSR count). The van der Waals surface area contributed by atoms with E-state index in [9.17, 15) is 4.79 Å². The molecule has 18 heavy (non-hydrogen) atoms. The van der Waals surface area contributed by atoms with Gasteiger partial charge in [0, 0.05) is 0 Å². The highest BCUT2D eigenvalue weighted by atomic mass is 16.4. The predicted molar refractivity (Wildman–Crippen MR) is 68.1 cm³/mol. The summed E-state index contributed by atoms with van der Waals surface area (Å²) in [6.45, 7) is 1.84. The molecular formula is C13H12N2O3. The summed E-state index contributed by atoms with van der Waals surface area (Å²) in [5.74, 6) is 0.400. The molecule has 0 saturated carbocycles. The summed E-state index contributed by atoms with van der Waals surface area (Å²) < 4.78 is 5.29. The van der Waals surface area contributed by atoms with Gasteiger partial charge in [-0.3, -0.25) is 5.43 Å². The first-order valence-electron chi connectivity index (χ1n) is 5.34. The van der Waals surface area contributed by atoms with E-state index in [0.717, 1.165) is 5.76 Å². The first-order valence-corrected chi connectivity index (χ1v) is 5.34. The molecule has 0 aliphatic rings. The van der Waals surface area contributed by atoms with Gasteiger partial charge in [-0.15, -0.1) is 0 Å². The van der Waals surface area contributed by atoms with E-state index in [4.69, 9.17) is 9.52 Å². The van der Waals surface area contributed by atoms with Crippen LogP contribution in [0.3, 0.4) is 0 Å². The van der Waals surface area contributed by atoms with Gasteiger partial charge in [0.05, 0.1) is 17.5 Å². The van der Waals surface area contributed by atoms with E-state index in [1.807, 2.05) is 13.0 Å². The van der Waals surface area contributed by atoms with Gasteiger partial charge in [-0.1, -0.05) is 12.1 Å². The maximum absolute atomic E-state index is 10.9. The van der Waals surface area contributed by atoms with Crippen molar-refractivity contribution in [2.24, 2.45) is 5.10 Å². The van der Waals surface area contributed by atoms with Crippen LogP contribution in [-0.2, 0) is 0 Å². The number of nitrogens with zero attached hydrogens (tertiary/aromatic N) is 1.